The average Bonchev–Trinajstić information content (AvgIpc) is 2.67. The van der Waals surface area contributed by atoms with Crippen LogP contribution >= 0.6 is 0 Å². The summed E-state index contributed by atoms with van der Waals surface area (Å²) in [6.07, 6.45) is 0. The van der Waals surface area contributed by atoms with Crippen LogP contribution in [-0.2, 0) is 5.54 Å². The van der Waals surface area contributed by atoms with Crippen LogP contribution in [0.2, 0.25) is 0 Å². The van der Waals surface area contributed by atoms with Crippen LogP contribution in [-0.4, -0.2) is 10.1 Å². The highest BCUT2D eigenvalue weighted by atomic mass is 19.1. The van der Waals surface area contributed by atoms with Crippen LogP contribution < -0.4 is 5.73 Å². The van der Waals surface area contributed by atoms with E-state index in [1.165, 1.54) is 12.1 Å². The van der Waals surface area contributed by atoms with Gasteiger partial charge in [0.15, 0.2) is 5.82 Å². The summed E-state index contributed by atoms with van der Waals surface area (Å²) >= 11 is 0. The maximum Gasteiger partial charge on any atom is 0.257 e. The number of hydrogen-bond donors (Lipinski definition) is 1. The van der Waals surface area contributed by atoms with Crippen LogP contribution in [0.3, 0.4) is 0 Å². The van der Waals surface area contributed by atoms with Crippen molar-refractivity contribution in [2.45, 2.75) is 19.4 Å². The summed E-state index contributed by atoms with van der Waals surface area (Å²) in [5.41, 5.74) is 5.85. The van der Waals surface area contributed by atoms with Gasteiger partial charge < -0.3 is 10.3 Å². The van der Waals surface area contributed by atoms with E-state index in [1.807, 2.05) is 0 Å². The first-order valence-corrected chi connectivity index (χ1v) is 4.86. The molecule has 0 amide bonds. The summed E-state index contributed by atoms with van der Waals surface area (Å²) in [5, 5.41) is 3.78. The second-order valence-corrected chi connectivity index (χ2v) is 4.15. The minimum Gasteiger partial charge on any atom is -0.334 e. The largest absolute Gasteiger partial charge is 0.334 e. The fourth-order valence-electron chi connectivity index (χ4n) is 1.19. The Morgan fingerprint density at radius 1 is 1.25 bits per heavy atom. The van der Waals surface area contributed by atoms with Crippen molar-refractivity contribution in [3.8, 4) is 11.5 Å². The standard InChI is InChI=1S/C11H12FN3O/c1-11(2,13)10-14-9(16-15-10)7-3-5-8(12)6-4-7/h3-6H,13H2,1-2H3. The third-order valence-electron chi connectivity index (χ3n) is 2.09. The third kappa shape index (κ3) is 2.09. The molecule has 2 N–H and O–H groups in total. The number of halogens is 1. The van der Waals surface area contributed by atoms with Gasteiger partial charge in [-0.3, -0.25) is 0 Å². The zero-order chi connectivity index (χ0) is 11.8. The molecular formula is C11H12FN3O. The van der Waals surface area contributed by atoms with Crippen LogP contribution in [0.15, 0.2) is 28.8 Å². The third-order valence-corrected chi connectivity index (χ3v) is 2.09. The minimum absolute atomic E-state index is 0.303. The van der Waals surface area contributed by atoms with Crippen molar-refractivity contribution in [1.82, 2.24) is 10.1 Å². The maximum absolute atomic E-state index is 12.7. The second-order valence-electron chi connectivity index (χ2n) is 4.15. The summed E-state index contributed by atoms with van der Waals surface area (Å²) in [5.74, 6) is 0.461. The van der Waals surface area contributed by atoms with Crippen LogP contribution in [0.1, 0.15) is 19.7 Å². The predicted octanol–water partition coefficient (Wildman–Crippen LogP) is 2.07. The van der Waals surface area contributed by atoms with Gasteiger partial charge in [0, 0.05) is 5.56 Å². The molecule has 0 radical (unpaired) electrons. The molecule has 0 unspecified atom stereocenters. The van der Waals surface area contributed by atoms with Gasteiger partial charge in [0.05, 0.1) is 5.54 Å². The normalized spacial score (nSPS) is 11.8. The first-order valence-electron chi connectivity index (χ1n) is 4.86. The molecule has 1 heterocycles. The molecule has 0 aliphatic heterocycles. The molecule has 84 valence electrons. The molecule has 16 heavy (non-hydrogen) atoms. The van der Waals surface area contributed by atoms with E-state index in [0.29, 0.717) is 17.3 Å². The van der Waals surface area contributed by atoms with Crippen LogP contribution in [0.4, 0.5) is 4.39 Å². The van der Waals surface area contributed by atoms with E-state index in [2.05, 4.69) is 10.1 Å². The summed E-state index contributed by atoms with van der Waals surface area (Å²) in [4.78, 5) is 4.16. The quantitative estimate of drug-likeness (QED) is 0.843. The Kier molecular flexibility index (Phi) is 2.47. The summed E-state index contributed by atoms with van der Waals surface area (Å²) in [7, 11) is 0. The molecule has 2 rings (SSSR count). The van der Waals surface area contributed by atoms with Gasteiger partial charge in [-0.15, -0.1) is 0 Å². The zero-order valence-corrected chi connectivity index (χ0v) is 9.07. The molecule has 0 saturated heterocycles. The van der Waals surface area contributed by atoms with Gasteiger partial charge in [0.25, 0.3) is 5.89 Å². The first kappa shape index (κ1) is 10.8. The number of benzene rings is 1. The molecule has 2 aromatic rings. The van der Waals surface area contributed by atoms with Crippen molar-refractivity contribution in [2.24, 2.45) is 5.73 Å². The molecule has 0 spiro atoms. The van der Waals surface area contributed by atoms with Gasteiger partial charge in [-0.2, -0.15) is 4.98 Å². The summed E-state index contributed by atoms with van der Waals surface area (Å²) in [6.45, 7) is 3.57. The number of nitrogens with zero attached hydrogens (tertiary/aromatic N) is 2. The predicted molar refractivity (Wildman–Crippen MR) is 56.9 cm³/mol. The second kappa shape index (κ2) is 3.68. The SMILES string of the molecule is CC(C)(N)c1noc(-c2ccc(F)cc2)n1. The molecule has 1 aromatic carbocycles. The maximum atomic E-state index is 12.7. The van der Waals surface area contributed by atoms with Gasteiger partial charge in [-0.05, 0) is 38.1 Å². The Morgan fingerprint density at radius 3 is 2.38 bits per heavy atom. The van der Waals surface area contributed by atoms with E-state index < -0.39 is 5.54 Å². The Hall–Kier alpha value is -1.75. The van der Waals surface area contributed by atoms with E-state index in [0.717, 1.165) is 0 Å². The van der Waals surface area contributed by atoms with Crippen LogP contribution in [0, 0.1) is 5.82 Å². The Morgan fingerprint density at radius 2 is 1.88 bits per heavy atom. The van der Waals surface area contributed by atoms with Crippen molar-refractivity contribution in [1.29, 1.82) is 0 Å². The van der Waals surface area contributed by atoms with Gasteiger partial charge in [0.1, 0.15) is 5.82 Å². The lowest BCUT2D eigenvalue weighted by molar-refractivity contribution is 0.397. The monoisotopic (exact) mass is 221 g/mol. The van der Waals surface area contributed by atoms with Crippen molar-refractivity contribution in [2.75, 3.05) is 0 Å². The van der Waals surface area contributed by atoms with E-state index in [-0.39, 0.29) is 5.82 Å². The molecule has 0 bridgehead atoms. The molecular weight excluding hydrogens is 209 g/mol. The van der Waals surface area contributed by atoms with Gasteiger partial charge >= 0.3 is 0 Å². The molecule has 0 fully saturated rings. The molecule has 4 nitrogen and oxygen atoms in total. The lowest BCUT2D eigenvalue weighted by atomic mass is 10.1. The number of aromatic nitrogens is 2. The van der Waals surface area contributed by atoms with Crippen LogP contribution in [0.25, 0.3) is 11.5 Å². The number of rotatable bonds is 2. The molecule has 0 atom stereocenters. The summed E-state index contributed by atoms with van der Waals surface area (Å²) in [6, 6.07) is 5.84. The van der Waals surface area contributed by atoms with E-state index >= 15 is 0 Å². The minimum atomic E-state index is -0.651. The highest BCUT2D eigenvalue weighted by Crippen LogP contribution is 2.20. The van der Waals surface area contributed by atoms with Crippen molar-refractivity contribution < 1.29 is 8.91 Å². The smallest absolute Gasteiger partial charge is 0.257 e. The highest BCUT2D eigenvalue weighted by molar-refractivity contribution is 5.52. The Balaban J connectivity index is 2.35. The molecule has 0 saturated carbocycles. The molecule has 0 aliphatic rings. The first-order chi connectivity index (χ1) is 7.47. The summed E-state index contributed by atoms with van der Waals surface area (Å²) < 4.78 is 17.8. The zero-order valence-electron chi connectivity index (χ0n) is 9.07. The van der Waals surface area contributed by atoms with Crippen LogP contribution in [0.5, 0.6) is 0 Å². The fourth-order valence-corrected chi connectivity index (χ4v) is 1.19. The van der Waals surface area contributed by atoms with E-state index in [1.54, 1.807) is 26.0 Å². The lowest BCUT2D eigenvalue weighted by Crippen LogP contribution is -2.30. The Labute approximate surface area is 92.3 Å². The van der Waals surface area contributed by atoms with Crippen molar-refractivity contribution in [3.05, 3.63) is 35.9 Å². The lowest BCUT2D eigenvalue weighted by Gasteiger charge is -2.11. The Bertz CT molecular complexity index is 485. The molecule has 5 heteroatoms. The highest BCUT2D eigenvalue weighted by Gasteiger charge is 2.21. The van der Waals surface area contributed by atoms with Gasteiger partial charge in [-0.1, -0.05) is 5.16 Å². The van der Waals surface area contributed by atoms with E-state index in [9.17, 15) is 4.39 Å². The molecule has 0 aliphatic carbocycles. The van der Waals surface area contributed by atoms with Gasteiger partial charge in [-0.25, -0.2) is 4.39 Å². The topological polar surface area (TPSA) is 64.9 Å². The average molecular weight is 221 g/mol. The molecule has 1 aromatic heterocycles. The van der Waals surface area contributed by atoms with Crippen molar-refractivity contribution in [3.63, 3.8) is 0 Å². The van der Waals surface area contributed by atoms with Crippen molar-refractivity contribution >= 4 is 0 Å². The van der Waals surface area contributed by atoms with Gasteiger partial charge in [0.2, 0.25) is 0 Å². The van der Waals surface area contributed by atoms with E-state index in [4.69, 9.17) is 10.3 Å². The number of hydrogen-bond acceptors (Lipinski definition) is 4. The number of nitrogens with two attached hydrogens (primary N) is 1. The fraction of sp³-hybridized carbons (Fsp3) is 0.273.